The fourth-order valence-corrected chi connectivity index (χ4v) is 4.21. The number of hydrogen-bond acceptors (Lipinski definition) is 3. The highest BCUT2D eigenvalue weighted by Crippen LogP contribution is 2.23. The van der Waals surface area contributed by atoms with Gasteiger partial charge in [-0.25, -0.2) is 0 Å². The lowest BCUT2D eigenvalue weighted by atomic mass is 9.95. The summed E-state index contributed by atoms with van der Waals surface area (Å²) in [7, 11) is 1.02. The van der Waals surface area contributed by atoms with E-state index in [1.165, 1.54) is 19.3 Å². The van der Waals surface area contributed by atoms with Crippen LogP contribution in [0, 0.1) is 0 Å². The maximum absolute atomic E-state index is 12.3. The van der Waals surface area contributed by atoms with Crippen LogP contribution in [0.5, 0.6) is 0 Å². The smallest absolute Gasteiger partial charge is 0.0501 e. The first-order valence-corrected chi connectivity index (χ1v) is 8.27. The Kier molecular flexibility index (Phi) is 8.06. The van der Waals surface area contributed by atoms with Crippen molar-refractivity contribution in [2.24, 2.45) is 0 Å². The van der Waals surface area contributed by atoms with Crippen molar-refractivity contribution in [1.29, 1.82) is 0 Å². The Morgan fingerprint density at radius 1 is 1.35 bits per heavy atom. The van der Waals surface area contributed by atoms with Gasteiger partial charge in [-0.05, 0) is 32.2 Å². The maximum atomic E-state index is 12.3. The topological polar surface area (TPSA) is 38.3 Å². The molecule has 0 saturated heterocycles. The third-order valence-corrected chi connectivity index (χ3v) is 5.32. The molecule has 4 heteroatoms. The van der Waals surface area contributed by atoms with E-state index in [0.29, 0.717) is 11.3 Å². The van der Waals surface area contributed by atoms with Gasteiger partial charge in [0.05, 0.1) is 5.25 Å². The molecule has 0 amide bonds. The molecule has 17 heavy (non-hydrogen) atoms. The predicted molar refractivity (Wildman–Crippen MR) is 73.8 cm³/mol. The quantitative estimate of drug-likeness (QED) is 0.680. The molecular weight excluding hydrogens is 234 g/mol. The first kappa shape index (κ1) is 15.1. The highest BCUT2D eigenvalue weighted by Gasteiger charge is 2.28. The molecule has 3 unspecified atom stereocenters. The Bertz CT molecular complexity index is 223. The molecule has 0 aromatic carbocycles. The van der Waals surface area contributed by atoms with Crippen molar-refractivity contribution in [3.05, 3.63) is 0 Å². The Hall–Kier alpha value is 0.0700. The summed E-state index contributed by atoms with van der Waals surface area (Å²) in [5.41, 5.74) is 0. The molecule has 0 aromatic rings. The van der Waals surface area contributed by atoms with Crippen LogP contribution in [-0.2, 0) is 15.5 Å². The molecule has 0 radical (unpaired) electrons. The molecule has 1 aliphatic carbocycles. The molecule has 1 fully saturated rings. The Morgan fingerprint density at radius 2 is 2.12 bits per heavy atom. The van der Waals surface area contributed by atoms with E-state index < -0.39 is 10.8 Å². The largest absolute Gasteiger partial charge is 0.385 e. The number of nitrogens with one attached hydrogen (secondary N) is 1. The molecule has 102 valence electrons. The molecule has 0 heterocycles. The van der Waals surface area contributed by atoms with E-state index >= 15 is 0 Å². The van der Waals surface area contributed by atoms with E-state index in [-0.39, 0.29) is 0 Å². The third-order valence-electron chi connectivity index (χ3n) is 3.39. The van der Waals surface area contributed by atoms with Gasteiger partial charge in [0.2, 0.25) is 0 Å². The zero-order valence-corrected chi connectivity index (χ0v) is 12.1. The van der Waals surface area contributed by atoms with E-state index in [2.05, 4.69) is 12.2 Å². The number of methoxy groups -OCH3 is 1. The lowest BCUT2D eigenvalue weighted by Crippen LogP contribution is -2.45. The molecule has 1 saturated carbocycles. The molecule has 1 rings (SSSR count). The van der Waals surface area contributed by atoms with E-state index in [4.69, 9.17) is 4.74 Å². The zero-order valence-electron chi connectivity index (χ0n) is 11.2. The second kappa shape index (κ2) is 9.06. The molecule has 3 atom stereocenters. The van der Waals surface area contributed by atoms with Crippen LogP contribution in [0.2, 0.25) is 0 Å². The van der Waals surface area contributed by atoms with Gasteiger partial charge in [0, 0.05) is 36.3 Å². The van der Waals surface area contributed by atoms with Crippen LogP contribution in [0.3, 0.4) is 0 Å². The number of rotatable bonds is 8. The summed E-state index contributed by atoms with van der Waals surface area (Å²) in [5.74, 6) is 0.794. The molecule has 0 aliphatic heterocycles. The molecule has 1 aliphatic rings. The molecule has 0 bridgehead atoms. The van der Waals surface area contributed by atoms with Gasteiger partial charge in [0.1, 0.15) is 0 Å². The van der Waals surface area contributed by atoms with Gasteiger partial charge in [0.25, 0.3) is 0 Å². The average molecular weight is 261 g/mol. The van der Waals surface area contributed by atoms with Crippen molar-refractivity contribution in [1.82, 2.24) is 5.32 Å². The van der Waals surface area contributed by atoms with Crippen LogP contribution in [0.15, 0.2) is 0 Å². The number of ether oxygens (including phenoxy) is 1. The normalized spacial score (nSPS) is 26.9. The van der Waals surface area contributed by atoms with Crippen LogP contribution >= 0.6 is 0 Å². The third kappa shape index (κ3) is 5.49. The molecule has 0 spiro atoms. The highest BCUT2D eigenvalue weighted by molar-refractivity contribution is 7.85. The van der Waals surface area contributed by atoms with Crippen LogP contribution in [0.1, 0.15) is 45.4 Å². The van der Waals surface area contributed by atoms with Gasteiger partial charge >= 0.3 is 0 Å². The minimum absolute atomic E-state index is 0.368. The van der Waals surface area contributed by atoms with E-state index in [0.717, 1.165) is 38.2 Å². The Labute approximate surface area is 108 Å². The summed E-state index contributed by atoms with van der Waals surface area (Å²) in [4.78, 5) is 0. The fourth-order valence-electron chi connectivity index (χ4n) is 2.47. The maximum Gasteiger partial charge on any atom is 0.0501 e. The van der Waals surface area contributed by atoms with E-state index in [1.807, 2.05) is 0 Å². The van der Waals surface area contributed by atoms with Gasteiger partial charge in [-0.2, -0.15) is 0 Å². The second-order valence-corrected chi connectivity index (χ2v) is 6.59. The lowest BCUT2D eigenvalue weighted by Gasteiger charge is -2.31. The molecular formula is C13H27NO2S. The molecule has 3 nitrogen and oxygen atoms in total. The summed E-state index contributed by atoms with van der Waals surface area (Å²) in [6.07, 6.45) is 6.92. The van der Waals surface area contributed by atoms with Gasteiger partial charge in [-0.1, -0.05) is 19.8 Å². The molecule has 0 aromatic heterocycles. The van der Waals surface area contributed by atoms with E-state index in [1.54, 1.807) is 7.11 Å². The summed E-state index contributed by atoms with van der Waals surface area (Å²) < 4.78 is 17.3. The van der Waals surface area contributed by atoms with Gasteiger partial charge in [-0.15, -0.1) is 0 Å². The van der Waals surface area contributed by atoms with Crippen LogP contribution in [0.4, 0.5) is 0 Å². The first-order chi connectivity index (χ1) is 8.29. The van der Waals surface area contributed by atoms with E-state index in [9.17, 15) is 4.21 Å². The summed E-state index contributed by atoms with van der Waals surface area (Å²) in [6, 6.07) is 0.479. The van der Waals surface area contributed by atoms with Crippen LogP contribution < -0.4 is 5.32 Å². The monoisotopic (exact) mass is 261 g/mol. The predicted octanol–water partition coefficient (Wildman–Crippen LogP) is 2.08. The first-order valence-electron chi connectivity index (χ1n) is 6.89. The fraction of sp³-hybridized carbons (Fsp3) is 1.00. The summed E-state index contributed by atoms with van der Waals surface area (Å²) in [5, 5.41) is 3.94. The molecule has 1 N–H and O–H groups in total. The Morgan fingerprint density at radius 3 is 2.82 bits per heavy atom. The van der Waals surface area contributed by atoms with Crippen molar-refractivity contribution in [2.45, 2.75) is 56.7 Å². The van der Waals surface area contributed by atoms with Crippen molar-refractivity contribution in [2.75, 3.05) is 26.0 Å². The van der Waals surface area contributed by atoms with Crippen molar-refractivity contribution < 1.29 is 8.95 Å². The summed E-state index contributed by atoms with van der Waals surface area (Å²) in [6.45, 7) is 3.96. The van der Waals surface area contributed by atoms with Gasteiger partial charge in [-0.3, -0.25) is 4.21 Å². The second-order valence-electron chi connectivity index (χ2n) is 4.81. The minimum Gasteiger partial charge on any atom is -0.385 e. The van der Waals surface area contributed by atoms with Crippen molar-refractivity contribution >= 4 is 10.8 Å². The zero-order chi connectivity index (χ0) is 12.5. The van der Waals surface area contributed by atoms with Gasteiger partial charge in [0.15, 0.2) is 0 Å². The standard InChI is InChI=1S/C13H27NO2S/c1-3-9-14-12-7-4-5-8-13(12)17(15)11-6-10-16-2/h12-14H,3-11H2,1-2H3. The van der Waals surface area contributed by atoms with Crippen LogP contribution in [-0.4, -0.2) is 41.5 Å². The average Bonchev–Trinajstić information content (AvgIpc) is 2.37. The lowest BCUT2D eigenvalue weighted by molar-refractivity contribution is 0.199. The van der Waals surface area contributed by atoms with Crippen molar-refractivity contribution in [3.63, 3.8) is 0 Å². The number of hydrogen-bond donors (Lipinski definition) is 1. The Balaban J connectivity index is 2.37. The minimum atomic E-state index is -0.684. The summed E-state index contributed by atoms with van der Waals surface area (Å²) >= 11 is 0. The van der Waals surface area contributed by atoms with Crippen molar-refractivity contribution in [3.8, 4) is 0 Å². The SMILES string of the molecule is CCCNC1CCCCC1S(=O)CCCOC. The van der Waals surface area contributed by atoms with Crippen LogP contribution in [0.25, 0.3) is 0 Å². The van der Waals surface area contributed by atoms with Gasteiger partial charge < -0.3 is 10.1 Å². The highest BCUT2D eigenvalue weighted by atomic mass is 32.2.